The second-order valence-electron chi connectivity index (χ2n) is 5.76. The molecule has 27 heavy (non-hydrogen) atoms. The van der Waals surface area contributed by atoms with Crippen molar-refractivity contribution in [3.8, 4) is 17.2 Å². The smallest absolute Gasteiger partial charge is 0.230 e. The Kier molecular flexibility index (Phi) is 6.38. The van der Waals surface area contributed by atoms with E-state index in [0.717, 1.165) is 17.8 Å². The van der Waals surface area contributed by atoms with Crippen LogP contribution in [0.4, 0.5) is 0 Å². The van der Waals surface area contributed by atoms with Crippen molar-refractivity contribution >= 4 is 17.7 Å². The average Bonchev–Trinajstić information content (AvgIpc) is 3.15. The van der Waals surface area contributed by atoms with Gasteiger partial charge in [-0.2, -0.15) is 0 Å². The number of rotatable bonds is 8. The van der Waals surface area contributed by atoms with Gasteiger partial charge in [0, 0.05) is 18.4 Å². The van der Waals surface area contributed by atoms with Crippen LogP contribution in [0.5, 0.6) is 0 Å². The minimum atomic E-state index is -0.0739. The Morgan fingerprint density at radius 1 is 1.22 bits per heavy atom. The molecule has 0 fully saturated rings. The van der Waals surface area contributed by atoms with Crippen LogP contribution in [-0.2, 0) is 11.2 Å². The number of thioether (sulfide) groups is 1. The summed E-state index contributed by atoms with van der Waals surface area (Å²) in [4.78, 5) is 16.3. The molecule has 3 rings (SSSR count). The number of amides is 1. The zero-order valence-corrected chi connectivity index (χ0v) is 15.9. The fourth-order valence-electron chi connectivity index (χ4n) is 2.50. The highest BCUT2D eigenvalue weighted by Crippen LogP contribution is 2.27. The maximum Gasteiger partial charge on any atom is 0.230 e. The Morgan fingerprint density at radius 2 is 2.04 bits per heavy atom. The van der Waals surface area contributed by atoms with Gasteiger partial charge >= 0.3 is 0 Å². The van der Waals surface area contributed by atoms with Gasteiger partial charge in [-0.15, -0.1) is 16.8 Å². The summed E-state index contributed by atoms with van der Waals surface area (Å²) in [6.07, 6.45) is 4.35. The summed E-state index contributed by atoms with van der Waals surface area (Å²) < 4.78 is 1.94. The van der Waals surface area contributed by atoms with Gasteiger partial charge < -0.3 is 5.32 Å². The lowest BCUT2D eigenvalue weighted by Gasteiger charge is -2.10. The molecule has 2 aromatic heterocycles. The van der Waals surface area contributed by atoms with Crippen LogP contribution < -0.4 is 5.32 Å². The van der Waals surface area contributed by atoms with Crippen molar-refractivity contribution in [3.05, 3.63) is 66.9 Å². The molecule has 138 valence electrons. The molecule has 0 aliphatic rings. The molecule has 7 heteroatoms. The summed E-state index contributed by atoms with van der Waals surface area (Å²) in [6, 6.07) is 13.9. The van der Waals surface area contributed by atoms with E-state index in [1.165, 1.54) is 17.3 Å². The summed E-state index contributed by atoms with van der Waals surface area (Å²) in [6.45, 7) is 6.17. The van der Waals surface area contributed by atoms with Gasteiger partial charge in [0.2, 0.25) is 5.91 Å². The highest BCUT2D eigenvalue weighted by atomic mass is 32.2. The molecule has 0 aliphatic carbocycles. The minimum Gasteiger partial charge on any atom is -0.352 e. The summed E-state index contributed by atoms with van der Waals surface area (Å²) in [5.74, 6) is 0.824. The average molecular weight is 379 g/mol. The quantitative estimate of drug-likeness (QED) is 0.480. The SMILES string of the molecule is C=CCNC(=O)CSc1nnc(-c2ccccn2)n1-c1ccc(CC)cc1. The number of carbonyl (C=O) groups is 1. The van der Waals surface area contributed by atoms with E-state index in [-0.39, 0.29) is 11.7 Å². The molecule has 3 aromatic rings. The van der Waals surface area contributed by atoms with Gasteiger partial charge in [-0.1, -0.05) is 43.0 Å². The van der Waals surface area contributed by atoms with Gasteiger partial charge in [-0.05, 0) is 36.2 Å². The molecular weight excluding hydrogens is 358 g/mol. The van der Waals surface area contributed by atoms with Crippen LogP contribution in [0.2, 0.25) is 0 Å². The third-order valence-electron chi connectivity index (χ3n) is 3.91. The predicted octanol–water partition coefficient (Wildman–Crippen LogP) is 3.29. The number of aromatic nitrogens is 4. The molecule has 0 aliphatic heterocycles. The van der Waals surface area contributed by atoms with Crippen LogP contribution in [-0.4, -0.2) is 38.0 Å². The van der Waals surface area contributed by atoms with Gasteiger partial charge in [-0.25, -0.2) is 0 Å². The molecule has 0 saturated carbocycles. The molecule has 0 spiro atoms. The number of nitrogens with one attached hydrogen (secondary N) is 1. The van der Waals surface area contributed by atoms with Gasteiger partial charge in [0.05, 0.1) is 5.75 Å². The molecule has 0 radical (unpaired) electrons. The van der Waals surface area contributed by atoms with Crippen molar-refractivity contribution in [2.75, 3.05) is 12.3 Å². The first kappa shape index (κ1) is 18.8. The van der Waals surface area contributed by atoms with Gasteiger partial charge in [0.15, 0.2) is 11.0 Å². The summed E-state index contributed by atoms with van der Waals surface area (Å²) in [7, 11) is 0. The van der Waals surface area contributed by atoms with Crippen molar-refractivity contribution in [1.82, 2.24) is 25.1 Å². The van der Waals surface area contributed by atoms with Crippen molar-refractivity contribution in [3.63, 3.8) is 0 Å². The van der Waals surface area contributed by atoms with Crippen molar-refractivity contribution in [1.29, 1.82) is 0 Å². The first-order valence-corrected chi connectivity index (χ1v) is 9.68. The molecule has 0 atom stereocenters. The normalized spacial score (nSPS) is 10.6. The summed E-state index contributed by atoms with van der Waals surface area (Å²) in [5.41, 5.74) is 2.92. The second kappa shape index (κ2) is 9.14. The van der Waals surface area contributed by atoms with Crippen molar-refractivity contribution in [2.24, 2.45) is 0 Å². The highest BCUT2D eigenvalue weighted by molar-refractivity contribution is 7.99. The van der Waals surface area contributed by atoms with E-state index in [1.54, 1.807) is 12.3 Å². The molecule has 6 nitrogen and oxygen atoms in total. The number of benzene rings is 1. The van der Waals surface area contributed by atoms with E-state index < -0.39 is 0 Å². The summed E-state index contributed by atoms with van der Waals surface area (Å²) >= 11 is 1.34. The Balaban J connectivity index is 1.94. The largest absolute Gasteiger partial charge is 0.352 e. The van der Waals surface area contributed by atoms with Gasteiger partial charge in [-0.3, -0.25) is 14.3 Å². The van der Waals surface area contributed by atoms with Crippen LogP contribution in [0.15, 0.2) is 66.5 Å². The number of carbonyl (C=O) groups excluding carboxylic acids is 1. The number of aryl methyl sites for hydroxylation is 1. The lowest BCUT2D eigenvalue weighted by molar-refractivity contribution is -0.118. The molecule has 1 amide bonds. The molecule has 1 aromatic carbocycles. The van der Waals surface area contributed by atoms with Crippen LogP contribution >= 0.6 is 11.8 Å². The van der Waals surface area contributed by atoms with E-state index >= 15 is 0 Å². The molecule has 1 N–H and O–H groups in total. The van der Waals surface area contributed by atoms with Crippen LogP contribution in [0.25, 0.3) is 17.2 Å². The van der Waals surface area contributed by atoms with E-state index in [1.807, 2.05) is 34.9 Å². The van der Waals surface area contributed by atoms with Crippen LogP contribution in [0.1, 0.15) is 12.5 Å². The van der Waals surface area contributed by atoms with Crippen molar-refractivity contribution in [2.45, 2.75) is 18.5 Å². The van der Waals surface area contributed by atoms with E-state index in [2.05, 4.69) is 46.1 Å². The number of nitrogens with zero attached hydrogens (tertiary/aromatic N) is 4. The molecule has 0 bridgehead atoms. The molecule has 0 unspecified atom stereocenters. The van der Waals surface area contributed by atoms with Crippen molar-refractivity contribution < 1.29 is 4.79 Å². The maximum absolute atomic E-state index is 11.9. The lowest BCUT2D eigenvalue weighted by atomic mass is 10.1. The summed E-state index contributed by atoms with van der Waals surface area (Å²) in [5, 5.41) is 12.0. The first-order valence-electron chi connectivity index (χ1n) is 8.69. The third kappa shape index (κ3) is 4.62. The minimum absolute atomic E-state index is 0.0739. The highest BCUT2D eigenvalue weighted by Gasteiger charge is 2.17. The van der Waals surface area contributed by atoms with E-state index in [4.69, 9.17) is 0 Å². The standard InChI is InChI=1S/C20H21N5OS/c1-3-12-22-18(26)14-27-20-24-23-19(17-7-5-6-13-21-17)25(20)16-10-8-15(4-2)9-11-16/h3,5-11,13H,1,4,12,14H2,2H3,(H,22,26). The zero-order chi connectivity index (χ0) is 19.1. The maximum atomic E-state index is 11.9. The lowest BCUT2D eigenvalue weighted by Crippen LogP contribution is -2.25. The fourth-order valence-corrected chi connectivity index (χ4v) is 3.29. The predicted molar refractivity (Wildman–Crippen MR) is 108 cm³/mol. The first-order chi connectivity index (χ1) is 13.2. The topological polar surface area (TPSA) is 72.7 Å². The molecule has 0 saturated heterocycles. The molecule has 2 heterocycles. The fraction of sp³-hybridized carbons (Fsp3) is 0.200. The van der Waals surface area contributed by atoms with Crippen LogP contribution in [0.3, 0.4) is 0 Å². The monoisotopic (exact) mass is 379 g/mol. The Hall–Kier alpha value is -2.93. The Bertz CT molecular complexity index is 906. The third-order valence-corrected chi connectivity index (χ3v) is 4.84. The van der Waals surface area contributed by atoms with Crippen LogP contribution in [0, 0.1) is 0 Å². The Morgan fingerprint density at radius 3 is 2.70 bits per heavy atom. The number of hydrogen-bond donors (Lipinski definition) is 1. The van der Waals surface area contributed by atoms with Gasteiger partial charge in [0.25, 0.3) is 0 Å². The number of pyridine rings is 1. The van der Waals surface area contributed by atoms with E-state index in [9.17, 15) is 4.79 Å². The van der Waals surface area contributed by atoms with E-state index in [0.29, 0.717) is 17.5 Å². The Labute approximate surface area is 162 Å². The zero-order valence-electron chi connectivity index (χ0n) is 15.1. The van der Waals surface area contributed by atoms with Gasteiger partial charge in [0.1, 0.15) is 5.69 Å². The second-order valence-corrected chi connectivity index (χ2v) is 6.70. The molecular formula is C20H21N5OS. The number of hydrogen-bond acceptors (Lipinski definition) is 5.